The van der Waals surface area contributed by atoms with Gasteiger partial charge in [-0.25, -0.2) is 9.78 Å². The summed E-state index contributed by atoms with van der Waals surface area (Å²) in [6.45, 7) is -0.919. The third-order valence-electron chi connectivity index (χ3n) is 3.95. The number of rotatable bonds is 13. The van der Waals surface area contributed by atoms with E-state index in [9.17, 15) is 29.1 Å². The first-order valence-corrected chi connectivity index (χ1v) is 9.52. The molecule has 0 aliphatic carbocycles. The molecule has 0 spiro atoms. The number of aromatic nitrogens is 2. The van der Waals surface area contributed by atoms with Gasteiger partial charge in [0.1, 0.15) is 18.1 Å². The molecule has 4 unspecified atom stereocenters. The number of amides is 3. The summed E-state index contributed by atoms with van der Waals surface area (Å²) in [5.41, 5.74) is 6.06. The number of carbonyl (C=O) groups excluding carboxylic acids is 3. The second-order valence-electron chi connectivity index (χ2n) is 6.37. The highest BCUT2D eigenvalue weighted by atomic mass is 32.1. The Bertz CT molecular complexity index is 789. The average Bonchev–Trinajstić information content (AvgIpc) is 3.22. The van der Waals surface area contributed by atoms with Crippen molar-refractivity contribution < 1.29 is 39.3 Å². The van der Waals surface area contributed by atoms with Crippen LogP contribution in [0.3, 0.4) is 0 Å². The molecule has 1 rings (SSSR count). The first kappa shape index (κ1) is 25.9. The smallest absolute Gasteiger partial charge is 0.326 e. The van der Waals surface area contributed by atoms with Gasteiger partial charge in [0.2, 0.25) is 17.7 Å². The van der Waals surface area contributed by atoms with Gasteiger partial charge >= 0.3 is 11.9 Å². The Labute approximate surface area is 181 Å². The summed E-state index contributed by atoms with van der Waals surface area (Å²) in [5.74, 6) is -5.76. The van der Waals surface area contributed by atoms with Crippen LogP contribution in [0.1, 0.15) is 12.1 Å². The highest BCUT2D eigenvalue weighted by Gasteiger charge is 2.31. The molecule has 0 aromatic carbocycles. The molecule has 15 heteroatoms. The average molecular weight is 460 g/mol. The summed E-state index contributed by atoms with van der Waals surface area (Å²) in [6, 6.07) is -5.62. The molecule has 0 bridgehead atoms. The zero-order valence-corrected chi connectivity index (χ0v) is 17.0. The molecule has 0 fully saturated rings. The van der Waals surface area contributed by atoms with Crippen molar-refractivity contribution in [1.82, 2.24) is 25.9 Å². The molecule has 0 saturated heterocycles. The van der Waals surface area contributed by atoms with Crippen molar-refractivity contribution in [2.45, 2.75) is 37.0 Å². The summed E-state index contributed by atoms with van der Waals surface area (Å²) in [5, 5.41) is 33.7. The zero-order valence-electron chi connectivity index (χ0n) is 16.1. The van der Waals surface area contributed by atoms with Crippen molar-refractivity contribution in [1.29, 1.82) is 0 Å². The van der Waals surface area contributed by atoms with Crippen LogP contribution < -0.4 is 21.7 Å². The summed E-state index contributed by atoms with van der Waals surface area (Å²) >= 11 is 3.91. The van der Waals surface area contributed by atoms with Crippen LogP contribution in [-0.4, -0.2) is 91.5 Å². The molecule has 1 aromatic rings. The van der Waals surface area contributed by atoms with Crippen molar-refractivity contribution in [3.05, 3.63) is 18.2 Å². The summed E-state index contributed by atoms with van der Waals surface area (Å²) in [4.78, 5) is 65.4. The lowest BCUT2D eigenvalue weighted by Crippen LogP contribution is -2.58. The van der Waals surface area contributed by atoms with E-state index in [1.54, 1.807) is 0 Å². The minimum atomic E-state index is -1.77. The van der Waals surface area contributed by atoms with Gasteiger partial charge in [-0.2, -0.15) is 12.6 Å². The number of aliphatic hydroxyl groups is 1. The van der Waals surface area contributed by atoms with Crippen molar-refractivity contribution >= 4 is 42.3 Å². The molecule has 0 saturated carbocycles. The Kier molecular flexibility index (Phi) is 10.4. The van der Waals surface area contributed by atoms with E-state index in [1.165, 1.54) is 12.5 Å². The van der Waals surface area contributed by atoms with Gasteiger partial charge in [0.05, 0.1) is 25.4 Å². The van der Waals surface area contributed by atoms with E-state index in [0.29, 0.717) is 5.69 Å². The first-order valence-electron chi connectivity index (χ1n) is 8.89. The number of H-pyrrole nitrogens is 1. The highest BCUT2D eigenvalue weighted by Crippen LogP contribution is 2.02. The van der Waals surface area contributed by atoms with Gasteiger partial charge in [-0.05, 0) is 0 Å². The lowest BCUT2D eigenvalue weighted by Gasteiger charge is -2.23. The van der Waals surface area contributed by atoms with Crippen molar-refractivity contribution in [3.63, 3.8) is 0 Å². The number of aliphatic hydroxyl groups excluding tert-OH is 1. The van der Waals surface area contributed by atoms with Crippen LogP contribution in [0, 0.1) is 0 Å². The Hall–Kier alpha value is -3.17. The summed E-state index contributed by atoms with van der Waals surface area (Å²) < 4.78 is 0. The number of hydrogen-bond donors (Lipinski definition) is 9. The first-order chi connectivity index (χ1) is 14.6. The number of aromatic amines is 1. The Morgan fingerprint density at radius 2 is 1.61 bits per heavy atom. The van der Waals surface area contributed by atoms with Crippen LogP contribution >= 0.6 is 12.6 Å². The number of carbonyl (C=O) groups is 5. The number of hydrogen-bond acceptors (Lipinski definition) is 9. The van der Waals surface area contributed by atoms with Crippen LogP contribution in [0.25, 0.3) is 0 Å². The number of nitrogens with two attached hydrogens (primary N) is 1. The summed E-state index contributed by atoms with van der Waals surface area (Å²) in [7, 11) is 0. The Balaban J connectivity index is 2.91. The van der Waals surface area contributed by atoms with Gasteiger partial charge < -0.3 is 42.0 Å². The van der Waals surface area contributed by atoms with Gasteiger partial charge in [-0.1, -0.05) is 0 Å². The van der Waals surface area contributed by atoms with E-state index in [1.807, 2.05) is 5.32 Å². The lowest BCUT2D eigenvalue weighted by atomic mass is 10.1. The molecule has 1 aromatic heterocycles. The molecular formula is C16H24N6O8S. The molecular weight excluding hydrogens is 436 g/mol. The SMILES string of the molecule is NC(CS)C(=O)NC(Cc1cnc[nH]1)C(=O)NC(CO)C(=O)NC(CC(=O)O)C(=O)O. The maximum atomic E-state index is 12.7. The molecule has 0 aliphatic heterocycles. The maximum Gasteiger partial charge on any atom is 0.326 e. The minimum absolute atomic E-state index is 0.00601. The van der Waals surface area contributed by atoms with Gasteiger partial charge in [0.15, 0.2) is 0 Å². The van der Waals surface area contributed by atoms with Crippen molar-refractivity contribution in [3.8, 4) is 0 Å². The van der Waals surface area contributed by atoms with Crippen LogP contribution in [0.2, 0.25) is 0 Å². The molecule has 4 atom stereocenters. The number of aliphatic carboxylic acids is 2. The van der Waals surface area contributed by atoms with Gasteiger partial charge in [-0.15, -0.1) is 0 Å². The van der Waals surface area contributed by atoms with Gasteiger partial charge in [-0.3, -0.25) is 19.2 Å². The number of carboxylic acid groups (broad SMARTS) is 2. The Morgan fingerprint density at radius 3 is 2.10 bits per heavy atom. The third kappa shape index (κ3) is 8.61. The Morgan fingerprint density at radius 1 is 1.03 bits per heavy atom. The number of carboxylic acids is 2. The van der Waals surface area contributed by atoms with E-state index in [2.05, 4.69) is 33.2 Å². The highest BCUT2D eigenvalue weighted by molar-refractivity contribution is 7.80. The quantitative estimate of drug-likeness (QED) is 0.130. The van der Waals surface area contributed by atoms with Gasteiger partial charge in [0, 0.05) is 24.1 Å². The number of thiol groups is 1. The van der Waals surface area contributed by atoms with Crippen LogP contribution in [0.4, 0.5) is 0 Å². The minimum Gasteiger partial charge on any atom is -0.481 e. The van der Waals surface area contributed by atoms with E-state index in [0.717, 1.165) is 0 Å². The normalized spacial score (nSPS) is 14.5. The lowest BCUT2D eigenvalue weighted by molar-refractivity contribution is -0.147. The topological polar surface area (TPSA) is 237 Å². The molecule has 9 N–H and O–H groups in total. The molecule has 0 radical (unpaired) electrons. The fourth-order valence-corrected chi connectivity index (χ4v) is 2.47. The second kappa shape index (κ2) is 12.5. The van der Waals surface area contributed by atoms with E-state index >= 15 is 0 Å². The fraction of sp³-hybridized carbons (Fsp3) is 0.500. The van der Waals surface area contributed by atoms with E-state index < -0.39 is 66.9 Å². The van der Waals surface area contributed by atoms with Crippen molar-refractivity contribution in [2.75, 3.05) is 12.4 Å². The van der Waals surface area contributed by atoms with Crippen molar-refractivity contribution in [2.24, 2.45) is 5.73 Å². The monoisotopic (exact) mass is 460 g/mol. The van der Waals surface area contributed by atoms with Gasteiger partial charge in [0.25, 0.3) is 0 Å². The second-order valence-corrected chi connectivity index (χ2v) is 6.74. The molecule has 31 heavy (non-hydrogen) atoms. The van der Waals surface area contributed by atoms with E-state index in [-0.39, 0.29) is 12.2 Å². The van der Waals surface area contributed by atoms with Crippen LogP contribution in [0.5, 0.6) is 0 Å². The maximum absolute atomic E-state index is 12.7. The van der Waals surface area contributed by atoms with Crippen LogP contribution in [0.15, 0.2) is 12.5 Å². The zero-order chi connectivity index (χ0) is 23.6. The predicted molar refractivity (Wildman–Crippen MR) is 107 cm³/mol. The fourth-order valence-electron chi connectivity index (χ4n) is 2.30. The molecule has 3 amide bonds. The summed E-state index contributed by atoms with van der Waals surface area (Å²) in [6.07, 6.45) is 1.79. The molecule has 14 nitrogen and oxygen atoms in total. The standard InChI is InChI=1S/C16H24N6O8S/c17-8(5-31)13(26)20-9(1-7-3-18-6-19-7)14(27)22-11(4-23)15(28)21-10(16(29)30)2-12(24)25/h3,6,8-11,23,31H,1-2,4-5,17H2,(H,18,19)(H,20,26)(H,21,28)(H,22,27)(H,24,25)(H,29,30). The largest absolute Gasteiger partial charge is 0.481 e. The third-order valence-corrected chi connectivity index (χ3v) is 4.35. The number of nitrogens with one attached hydrogen (secondary N) is 4. The number of imidazole rings is 1. The number of nitrogens with zero attached hydrogens (tertiary/aromatic N) is 1. The predicted octanol–water partition coefficient (Wildman–Crippen LogP) is -3.78. The van der Waals surface area contributed by atoms with E-state index in [4.69, 9.17) is 15.9 Å². The molecule has 1 heterocycles. The van der Waals surface area contributed by atoms with Crippen LogP contribution in [-0.2, 0) is 30.4 Å². The molecule has 172 valence electrons. The molecule has 0 aliphatic rings.